The summed E-state index contributed by atoms with van der Waals surface area (Å²) in [6.07, 6.45) is -3.06. The number of hydrogen-bond donors (Lipinski definition) is 0. The highest BCUT2D eigenvalue weighted by Crippen LogP contribution is 2.33. The molecule has 0 spiro atoms. The molecule has 1 aliphatic heterocycles. The first kappa shape index (κ1) is 21.1. The minimum atomic E-state index is -4.45. The lowest BCUT2D eigenvalue weighted by Gasteiger charge is -2.25. The van der Waals surface area contributed by atoms with Crippen molar-refractivity contribution in [1.82, 2.24) is 9.88 Å². The molecule has 7 nitrogen and oxygen atoms in total. The summed E-state index contributed by atoms with van der Waals surface area (Å²) in [6, 6.07) is 7.62. The average Bonchev–Trinajstić information content (AvgIpc) is 3.30. The average molecular weight is 441 g/mol. The molecule has 0 atom stereocenters. The standard InChI is InChI=1S/C22H14F3N3O4/c1-3-28-20(29)15(11(2)16(10-26)21(28)30)8-14-9-17-19(31-14)27-18(32-17)12-4-6-13(7-5-12)22(23,24)25/h4-9H,3H2,1-2H3/b15-8-. The van der Waals surface area contributed by atoms with Gasteiger partial charge in [-0.25, -0.2) is 0 Å². The Kier molecular flexibility index (Phi) is 4.97. The molecule has 1 aromatic carbocycles. The van der Waals surface area contributed by atoms with Crippen molar-refractivity contribution in [3.05, 3.63) is 58.4 Å². The maximum atomic E-state index is 12.7. The van der Waals surface area contributed by atoms with Gasteiger partial charge in [0.05, 0.1) is 5.56 Å². The topological polar surface area (TPSA) is 100 Å². The SMILES string of the molecule is CCN1C(=O)C(C#N)=C(C)/C(=C/c2cc3oc(-c4ccc(C(F)(F)F)cc4)nc3o2)C1=O. The molecule has 4 rings (SSSR count). The third kappa shape index (κ3) is 3.47. The minimum absolute atomic E-state index is 0.0750. The van der Waals surface area contributed by atoms with Crippen LogP contribution < -0.4 is 0 Å². The highest BCUT2D eigenvalue weighted by molar-refractivity contribution is 6.19. The predicted molar refractivity (Wildman–Crippen MR) is 105 cm³/mol. The number of alkyl halides is 3. The number of rotatable bonds is 3. The van der Waals surface area contributed by atoms with Gasteiger partial charge < -0.3 is 8.83 Å². The molecule has 3 aromatic rings. The number of nitrogens with zero attached hydrogens (tertiary/aromatic N) is 3. The van der Waals surface area contributed by atoms with Gasteiger partial charge in [0.15, 0.2) is 5.58 Å². The van der Waals surface area contributed by atoms with Crippen LogP contribution in [0.5, 0.6) is 0 Å². The summed E-state index contributed by atoms with van der Waals surface area (Å²) in [5.74, 6) is -0.923. The lowest BCUT2D eigenvalue weighted by molar-refractivity contribution is -0.140. The van der Waals surface area contributed by atoms with Crippen molar-refractivity contribution in [2.24, 2.45) is 0 Å². The first-order valence-corrected chi connectivity index (χ1v) is 9.41. The van der Waals surface area contributed by atoms with Gasteiger partial charge in [0.2, 0.25) is 5.89 Å². The van der Waals surface area contributed by atoms with Crippen molar-refractivity contribution in [2.45, 2.75) is 20.0 Å². The number of aromatic nitrogens is 1. The Hall–Kier alpha value is -4.13. The highest BCUT2D eigenvalue weighted by atomic mass is 19.4. The number of carbonyl (C=O) groups is 2. The summed E-state index contributed by atoms with van der Waals surface area (Å²) < 4.78 is 49.3. The van der Waals surface area contributed by atoms with Crippen molar-refractivity contribution >= 4 is 29.2 Å². The van der Waals surface area contributed by atoms with E-state index in [-0.39, 0.29) is 46.2 Å². The molecule has 0 bridgehead atoms. The largest absolute Gasteiger partial charge is 0.436 e. The number of oxazole rings is 1. The van der Waals surface area contributed by atoms with E-state index < -0.39 is 23.6 Å². The van der Waals surface area contributed by atoms with E-state index in [9.17, 15) is 28.0 Å². The smallest absolute Gasteiger partial charge is 0.416 e. The number of imide groups is 1. The van der Waals surface area contributed by atoms with Crippen LogP contribution in [0.4, 0.5) is 13.2 Å². The zero-order valence-corrected chi connectivity index (χ0v) is 16.8. The summed E-state index contributed by atoms with van der Waals surface area (Å²) in [6.45, 7) is 3.23. The number of halogens is 3. The van der Waals surface area contributed by atoms with Crippen LogP contribution in [0.3, 0.4) is 0 Å². The molecule has 0 unspecified atom stereocenters. The zero-order valence-electron chi connectivity index (χ0n) is 16.8. The number of benzene rings is 1. The third-order valence-corrected chi connectivity index (χ3v) is 5.00. The summed E-state index contributed by atoms with van der Waals surface area (Å²) >= 11 is 0. The lowest BCUT2D eigenvalue weighted by atomic mass is 9.95. The molecule has 32 heavy (non-hydrogen) atoms. The summed E-state index contributed by atoms with van der Waals surface area (Å²) in [7, 11) is 0. The summed E-state index contributed by atoms with van der Waals surface area (Å²) in [5.41, 5.74) is 0.0846. The number of hydrogen-bond acceptors (Lipinski definition) is 6. The van der Waals surface area contributed by atoms with E-state index >= 15 is 0 Å². The number of furan rings is 1. The van der Waals surface area contributed by atoms with E-state index in [2.05, 4.69) is 4.98 Å². The van der Waals surface area contributed by atoms with Gasteiger partial charge in [-0.2, -0.15) is 23.4 Å². The molecule has 0 aliphatic carbocycles. The Morgan fingerprint density at radius 2 is 1.84 bits per heavy atom. The van der Waals surface area contributed by atoms with Crippen LogP contribution in [0.25, 0.3) is 28.8 Å². The van der Waals surface area contributed by atoms with Crippen molar-refractivity contribution in [3.63, 3.8) is 0 Å². The van der Waals surface area contributed by atoms with Crippen LogP contribution >= 0.6 is 0 Å². The Bertz CT molecular complexity index is 1320. The van der Waals surface area contributed by atoms with Gasteiger partial charge >= 0.3 is 6.18 Å². The van der Waals surface area contributed by atoms with Crippen LogP contribution in [0.1, 0.15) is 25.2 Å². The second-order valence-electron chi connectivity index (χ2n) is 6.94. The molecule has 0 saturated heterocycles. The Morgan fingerprint density at radius 3 is 2.41 bits per heavy atom. The molecule has 2 amide bonds. The minimum Gasteiger partial charge on any atom is -0.436 e. The molecule has 0 N–H and O–H groups in total. The highest BCUT2D eigenvalue weighted by Gasteiger charge is 2.34. The molecule has 0 saturated carbocycles. The molecular formula is C22H14F3N3O4. The molecule has 10 heteroatoms. The molecule has 0 fully saturated rings. The number of nitriles is 1. The van der Waals surface area contributed by atoms with E-state index in [0.717, 1.165) is 17.0 Å². The van der Waals surface area contributed by atoms with Gasteiger partial charge in [-0.1, -0.05) is 0 Å². The van der Waals surface area contributed by atoms with Gasteiger partial charge in [-0.05, 0) is 49.8 Å². The second-order valence-corrected chi connectivity index (χ2v) is 6.94. The van der Waals surface area contributed by atoms with Crippen LogP contribution in [0, 0.1) is 11.3 Å². The van der Waals surface area contributed by atoms with Gasteiger partial charge in [0, 0.05) is 23.7 Å². The predicted octanol–water partition coefficient (Wildman–Crippen LogP) is 4.72. The third-order valence-electron chi connectivity index (χ3n) is 5.00. The first-order valence-electron chi connectivity index (χ1n) is 9.41. The van der Waals surface area contributed by atoms with E-state index in [1.807, 2.05) is 6.07 Å². The molecule has 1 aliphatic rings. The normalized spacial score (nSPS) is 16.4. The maximum Gasteiger partial charge on any atom is 0.416 e. The van der Waals surface area contributed by atoms with Gasteiger partial charge in [0.25, 0.3) is 17.5 Å². The van der Waals surface area contributed by atoms with Crippen molar-refractivity contribution < 1.29 is 31.6 Å². The number of fused-ring (bicyclic) bond motifs is 1. The quantitative estimate of drug-likeness (QED) is 0.431. The maximum absolute atomic E-state index is 12.7. The van der Waals surface area contributed by atoms with Crippen molar-refractivity contribution in [3.8, 4) is 17.5 Å². The van der Waals surface area contributed by atoms with Gasteiger partial charge in [0.1, 0.15) is 17.4 Å². The number of amides is 2. The van der Waals surface area contributed by atoms with Crippen molar-refractivity contribution in [1.29, 1.82) is 5.26 Å². The number of carbonyl (C=O) groups excluding carboxylic acids is 2. The molecule has 3 heterocycles. The fourth-order valence-electron chi connectivity index (χ4n) is 3.31. The molecule has 0 radical (unpaired) electrons. The Labute approximate surface area is 179 Å². The zero-order chi connectivity index (χ0) is 23.2. The van der Waals surface area contributed by atoms with Gasteiger partial charge in [-0.15, -0.1) is 0 Å². The second kappa shape index (κ2) is 7.53. The molecule has 2 aromatic heterocycles. The van der Waals surface area contributed by atoms with Crippen LogP contribution in [-0.4, -0.2) is 28.2 Å². The fourth-order valence-corrected chi connectivity index (χ4v) is 3.31. The summed E-state index contributed by atoms with van der Waals surface area (Å²) in [5, 5.41) is 9.29. The van der Waals surface area contributed by atoms with E-state index in [1.165, 1.54) is 31.2 Å². The fraction of sp³-hybridized carbons (Fsp3) is 0.182. The van der Waals surface area contributed by atoms with Crippen molar-refractivity contribution in [2.75, 3.05) is 6.54 Å². The first-order chi connectivity index (χ1) is 15.1. The monoisotopic (exact) mass is 441 g/mol. The summed E-state index contributed by atoms with van der Waals surface area (Å²) in [4.78, 5) is 30.0. The Morgan fingerprint density at radius 1 is 1.16 bits per heavy atom. The van der Waals surface area contributed by atoms with E-state index in [1.54, 1.807) is 6.92 Å². The van der Waals surface area contributed by atoms with Crippen LogP contribution in [0.15, 0.2) is 55.9 Å². The lowest BCUT2D eigenvalue weighted by Crippen LogP contribution is -2.42. The van der Waals surface area contributed by atoms with E-state index in [4.69, 9.17) is 8.83 Å². The van der Waals surface area contributed by atoms with Crippen LogP contribution in [-0.2, 0) is 15.8 Å². The van der Waals surface area contributed by atoms with Gasteiger partial charge in [-0.3, -0.25) is 14.5 Å². The molecular weight excluding hydrogens is 427 g/mol. The molecule has 162 valence electrons. The number of likely N-dealkylation sites (N-methyl/N-ethyl adjacent to an activating group) is 1. The van der Waals surface area contributed by atoms with Crippen LogP contribution in [0.2, 0.25) is 0 Å². The van der Waals surface area contributed by atoms with E-state index in [0.29, 0.717) is 5.56 Å². The Balaban J connectivity index is 1.69.